The van der Waals surface area contributed by atoms with Crippen LogP contribution in [0.3, 0.4) is 0 Å². The molecule has 0 aliphatic carbocycles. The first-order valence-corrected chi connectivity index (χ1v) is 8.39. The van der Waals surface area contributed by atoms with Gasteiger partial charge in [-0.05, 0) is 59.3 Å². The van der Waals surface area contributed by atoms with Crippen molar-refractivity contribution < 1.29 is 4.79 Å². The Hall–Kier alpha value is -1.59. The molecule has 1 N–H and O–H groups in total. The lowest BCUT2D eigenvalue weighted by molar-refractivity contribution is 0.0754. The lowest BCUT2D eigenvalue weighted by atomic mass is 10.1. The Morgan fingerprint density at radius 2 is 2.14 bits per heavy atom. The smallest absolute Gasteiger partial charge is 0.254 e. The number of carbonyl (C=O) groups is 1. The van der Waals surface area contributed by atoms with E-state index in [1.54, 1.807) is 11.3 Å². The minimum Gasteiger partial charge on any atom is -0.361 e. The van der Waals surface area contributed by atoms with Crippen molar-refractivity contribution in [3.05, 3.63) is 56.8 Å². The molecular formula is C16H15BrN2OS. The van der Waals surface area contributed by atoms with E-state index in [0.717, 1.165) is 20.3 Å². The largest absolute Gasteiger partial charge is 0.361 e. The SMILES string of the molecule is CCN(Cc1ccc(Br)s1)C(=O)c1ccc2[nH]ccc2c1. The van der Waals surface area contributed by atoms with Crippen LogP contribution in [-0.2, 0) is 6.54 Å². The monoisotopic (exact) mass is 362 g/mol. The van der Waals surface area contributed by atoms with Crippen molar-refractivity contribution in [3.63, 3.8) is 0 Å². The molecule has 2 heterocycles. The van der Waals surface area contributed by atoms with E-state index in [1.807, 2.05) is 48.4 Å². The molecule has 3 nitrogen and oxygen atoms in total. The van der Waals surface area contributed by atoms with E-state index in [-0.39, 0.29) is 5.91 Å². The summed E-state index contributed by atoms with van der Waals surface area (Å²) >= 11 is 5.13. The zero-order valence-electron chi connectivity index (χ0n) is 11.6. The fraction of sp³-hybridized carbons (Fsp3) is 0.188. The van der Waals surface area contributed by atoms with Crippen LogP contribution in [0.1, 0.15) is 22.2 Å². The standard InChI is InChI=1S/C16H15BrN2OS/c1-2-19(10-13-4-6-15(17)21-13)16(20)12-3-5-14-11(9-12)7-8-18-14/h3-9,18H,2,10H2,1H3. The molecule has 0 fully saturated rings. The first kappa shape index (κ1) is 14.4. The molecule has 2 aromatic heterocycles. The summed E-state index contributed by atoms with van der Waals surface area (Å²) in [5.41, 5.74) is 1.79. The van der Waals surface area contributed by atoms with Crippen LogP contribution in [0.25, 0.3) is 10.9 Å². The first-order valence-electron chi connectivity index (χ1n) is 6.78. The maximum atomic E-state index is 12.7. The van der Waals surface area contributed by atoms with E-state index in [4.69, 9.17) is 0 Å². The number of nitrogens with zero attached hydrogens (tertiary/aromatic N) is 1. The van der Waals surface area contributed by atoms with Crippen molar-refractivity contribution in [2.75, 3.05) is 6.54 Å². The summed E-state index contributed by atoms with van der Waals surface area (Å²) in [4.78, 5) is 18.9. The molecule has 3 rings (SSSR count). The summed E-state index contributed by atoms with van der Waals surface area (Å²) in [6, 6.07) is 11.8. The Morgan fingerprint density at radius 3 is 2.86 bits per heavy atom. The number of halogens is 1. The van der Waals surface area contributed by atoms with Crippen molar-refractivity contribution in [3.8, 4) is 0 Å². The Kier molecular flexibility index (Phi) is 4.12. The normalized spacial score (nSPS) is 11.0. The van der Waals surface area contributed by atoms with Crippen LogP contribution in [0.4, 0.5) is 0 Å². The van der Waals surface area contributed by atoms with Crippen LogP contribution in [0.2, 0.25) is 0 Å². The van der Waals surface area contributed by atoms with Crippen LogP contribution < -0.4 is 0 Å². The fourth-order valence-electron chi connectivity index (χ4n) is 2.32. The number of fused-ring (bicyclic) bond motifs is 1. The van der Waals surface area contributed by atoms with E-state index in [1.165, 1.54) is 4.88 Å². The summed E-state index contributed by atoms with van der Waals surface area (Å²) in [6.07, 6.45) is 1.89. The quantitative estimate of drug-likeness (QED) is 0.719. The highest BCUT2D eigenvalue weighted by atomic mass is 79.9. The molecule has 0 saturated heterocycles. The molecule has 0 unspecified atom stereocenters. The van der Waals surface area contributed by atoms with Gasteiger partial charge in [-0.15, -0.1) is 11.3 Å². The highest BCUT2D eigenvalue weighted by molar-refractivity contribution is 9.11. The van der Waals surface area contributed by atoms with E-state index in [9.17, 15) is 4.79 Å². The molecule has 0 radical (unpaired) electrons. The van der Waals surface area contributed by atoms with E-state index in [2.05, 4.69) is 27.0 Å². The fourth-order valence-corrected chi connectivity index (χ4v) is 3.82. The summed E-state index contributed by atoms with van der Waals surface area (Å²) in [5.74, 6) is 0.0742. The number of thiophene rings is 1. The Morgan fingerprint density at radius 1 is 1.29 bits per heavy atom. The second kappa shape index (κ2) is 6.03. The van der Waals surface area contributed by atoms with Crippen molar-refractivity contribution in [2.45, 2.75) is 13.5 Å². The zero-order valence-corrected chi connectivity index (χ0v) is 14.0. The number of hydrogen-bond acceptors (Lipinski definition) is 2. The number of aromatic nitrogens is 1. The molecule has 108 valence electrons. The van der Waals surface area contributed by atoms with Gasteiger partial charge in [-0.1, -0.05) is 0 Å². The summed E-state index contributed by atoms with van der Waals surface area (Å²) in [7, 11) is 0. The van der Waals surface area contributed by atoms with E-state index < -0.39 is 0 Å². The second-order valence-electron chi connectivity index (χ2n) is 4.80. The van der Waals surface area contributed by atoms with Crippen molar-refractivity contribution in [2.24, 2.45) is 0 Å². The van der Waals surface area contributed by atoms with Crippen molar-refractivity contribution in [1.82, 2.24) is 9.88 Å². The minimum absolute atomic E-state index is 0.0742. The van der Waals surface area contributed by atoms with Gasteiger partial charge in [0.15, 0.2) is 0 Å². The first-order chi connectivity index (χ1) is 10.2. The molecule has 3 aromatic rings. The Balaban J connectivity index is 1.83. The van der Waals surface area contributed by atoms with Crippen LogP contribution >= 0.6 is 27.3 Å². The maximum absolute atomic E-state index is 12.7. The van der Waals surface area contributed by atoms with Crippen LogP contribution in [0, 0.1) is 0 Å². The molecule has 0 bridgehead atoms. The van der Waals surface area contributed by atoms with Crippen LogP contribution in [0.15, 0.2) is 46.4 Å². The third-order valence-electron chi connectivity index (χ3n) is 3.44. The van der Waals surface area contributed by atoms with Crippen LogP contribution in [-0.4, -0.2) is 22.3 Å². The average Bonchev–Trinajstić information content (AvgIpc) is 3.11. The van der Waals surface area contributed by atoms with E-state index in [0.29, 0.717) is 13.1 Å². The van der Waals surface area contributed by atoms with Gasteiger partial charge in [0.1, 0.15) is 0 Å². The lowest BCUT2D eigenvalue weighted by Crippen LogP contribution is -2.29. The summed E-state index contributed by atoms with van der Waals surface area (Å²) in [6.45, 7) is 3.35. The van der Waals surface area contributed by atoms with Gasteiger partial charge in [0, 0.05) is 34.1 Å². The maximum Gasteiger partial charge on any atom is 0.254 e. The number of rotatable bonds is 4. The van der Waals surface area contributed by atoms with Gasteiger partial charge in [0.2, 0.25) is 0 Å². The predicted octanol–water partition coefficient (Wildman–Crippen LogP) is 4.65. The number of H-pyrrole nitrogens is 1. The predicted molar refractivity (Wildman–Crippen MR) is 90.7 cm³/mol. The molecular weight excluding hydrogens is 348 g/mol. The molecule has 0 aliphatic rings. The second-order valence-corrected chi connectivity index (χ2v) is 7.35. The molecule has 0 spiro atoms. The molecule has 5 heteroatoms. The molecule has 1 aromatic carbocycles. The van der Waals surface area contributed by atoms with Crippen molar-refractivity contribution >= 4 is 44.1 Å². The van der Waals surface area contributed by atoms with Gasteiger partial charge in [-0.3, -0.25) is 4.79 Å². The highest BCUT2D eigenvalue weighted by Gasteiger charge is 2.15. The number of carbonyl (C=O) groups excluding carboxylic acids is 1. The lowest BCUT2D eigenvalue weighted by Gasteiger charge is -2.20. The third-order valence-corrected chi connectivity index (χ3v) is 5.05. The Labute approximate surface area is 135 Å². The van der Waals surface area contributed by atoms with E-state index >= 15 is 0 Å². The number of aromatic amines is 1. The minimum atomic E-state index is 0.0742. The summed E-state index contributed by atoms with van der Waals surface area (Å²) in [5, 5.41) is 1.07. The van der Waals surface area contributed by atoms with Gasteiger partial charge in [0.05, 0.1) is 10.3 Å². The number of benzene rings is 1. The number of amides is 1. The molecule has 1 amide bonds. The average molecular weight is 363 g/mol. The topological polar surface area (TPSA) is 36.1 Å². The third kappa shape index (κ3) is 3.04. The number of nitrogens with one attached hydrogen (secondary N) is 1. The summed E-state index contributed by atoms with van der Waals surface area (Å²) < 4.78 is 1.09. The van der Waals surface area contributed by atoms with Crippen LogP contribution in [0.5, 0.6) is 0 Å². The Bertz CT molecular complexity index is 777. The molecule has 0 atom stereocenters. The number of hydrogen-bond donors (Lipinski definition) is 1. The molecule has 21 heavy (non-hydrogen) atoms. The zero-order chi connectivity index (χ0) is 14.8. The van der Waals surface area contributed by atoms with Gasteiger partial charge in [-0.25, -0.2) is 0 Å². The van der Waals surface area contributed by atoms with Gasteiger partial charge in [0.25, 0.3) is 5.91 Å². The van der Waals surface area contributed by atoms with Gasteiger partial charge in [-0.2, -0.15) is 0 Å². The van der Waals surface area contributed by atoms with Gasteiger partial charge < -0.3 is 9.88 Å². The van der Waals surface area contributed by atoms with Gasteiger partial charge >= 0.3 is 0 Å². The van der Waals surface area contributed by atoms with Crippen molar-refractivity contribution in [1.29, 1.82) is 0 Å². The molecule has 0 aliphatic heterocycles. The highest BCUT2D eigenvalue weighted by Crippen LogP contribution is 2.24. The molecule has 0 saturated carbocycles.